The molecular weight excluding hydrogens is 178 g/mol. The molecule has 0 spiro atoms. The maximum absolute atomic E-state index is 11.6. The number of pyridine rings is 1. The Labute approximate surface area is 82.5 Å². The van der Waals surface area contributed by atoms with Crippen LogP contribution in [0.5, 0.6) is 0 Å². The van der Waals surface area contributed by atoms with Crippen molar-refractivity contribution >= 4 is 11.6 Å². The Balaban J connectivity index is 1.89. The number of rotatable bonds is 2. The highest BCUT2D eigenvalue weighted by atomic mass is 16.1. The fourth-order valence-corrected chi connectivity index (χ4v) is 1.56. The molecule has 74 valence electrons. The van der Waals surface area contributed by atoms with Crippen molar-refractivity contribution in [2.45, 2.75) is 18.9 Å². The van der Waals surface area contributed by atoms with Crippen molar-refractivity contribution in [3.05, 3.63) is 24.5 Å². The van der Waals surface area contributed by atoms with Crippen LogP contribution in [0.4, 0.5) is 5.69 Å². The van der Waals surface area contributed by atoms with Gasteiger partial charge < -0.3 is 11.1 Å². The van der Waals surface area contributed by atoms with Crippen molar-refractivity contribution in [2.75, 3.05) is 5.32 Å². The van der Waals surface area contributed by atoms with Crippen LogP contribution in [0.3, 0.4) is 0 Å². The first-order chi connectivity index (χ1) is 6.75. The molecule has 4 heteroatoms. The van der Waals surface area contributed by atoms with Crippen LogP contribution in [-0.4, -0.2) is 16.9 Å². The number of carbonyl (C=O) groups is 1. The second-order valence-corrected chi connectivity index (χ2v) is 3.65. The number of nitrogens with zero attached hydrogens (tertiary/aromatic N) is 1. The van der Waals surface area contributed by atoms with Crippen LogP contribution >= 0.6 is 0 Å². The van der Waals surface area contributed by atoms with E-state index in [1.165, 1.54) is 0 Å². The zero-order chi connectivity index (χ0) is 9.97. The molecule has 4 nitrogen and oxygen atoms in total. The zero-order valence-electron chi connectivity index (χ0n) is 7.81. The minimum absolute atomic E-state index is 0.0675. The van der Waals surface area contributed by atoms with Crippen molar-refractivity contribution < 1.29 is 4.79 Å². The van der Waals surface area contributed by atoms with E-state index >= 15 is 0 Å². The van der Waals surface area contributed by atoms with Crippen molar-refractivity contribution in [3.8, 4) is 0 Å². The second kappa shape index (κ2) is 3.75. The largest absolute Gasteiger partial charge is 0.328 e. The smallest absolute Gasteiger partial charge is 0.227 e. The van der Waals surface area contributed by atoms with Gasteiger partial charge in [0.2, 0.25) is 5.91 Å². The van der Waals surface area contributed by atoms with E-state index in [2.05, 4.69) is 10.3 Å². The predicted octanol–water partition coefficient (Wildman–Crippen LogP) is 0.757. The Hall–Kier alpha value is -1.42. The van der Waals surface area contributed by atoms with Gasteiger partial charge in [0.25, 0.3) is 0 Å². The summed E-state index contributed by atoms with van der Waals surface area (Å²) >= 11 is 0. The third-order valence-electron chi connectivity index (χ3n) is 2.49. The molecule has 3 N–H and O–H groups in total. The second-order valence-electron chi connectivity index (χ2n) is 3.65. The van der Waals surface area contributed by atoms with Crippen LogP contribution in [0.15, 0.2) is 24.5 Å². The number of amides is 1. The summed E-state index contributed by atoms with van der Waals surface area (Å²) in [6, 6.07) is 3.76. The highest BCUT2D eigenvalue weighted by Gasteiger charge is 2.31. The molecule has 0 atom stereocenters. The lowest BCUT2D eigenvalue weighted by atomic mass is 9.80. The lowest BCUT2D eigenvalue weighted by Crippen LogP contribution is -2.42. The first-order valence-electron chi connectivity index (χ1n) is 4.72. The summed E-state index contributed by atoms with van der Waals surface area (Å²) in [5, 5.41) is 2.83. The Morgan fingerprint density at radius 2 is 2.07 bits per heavy atom. The molecule has 1 aliphatic carbocycles. The van der Waals surface area contributed by atoms with Crippen LogP contribution in [-0.2, 0) is 4.79 Å². The summed E-state index contributed by atoms with van der Waals surface area (Å²) < 4.78 is 0. The molecule has 0 saturated heterocycles. The number of aromatic nitrogens is 1. The van der Waals surface area contributed by atoms with Gasteiger partial charge >= 0.3 is 0 Å². The minimum atomic E-state index is 0.0675. The number of nitrogens with two attached hydrogens (primary N) is 1. The molecule has 0 radical (unpaired) electrons. The maximum Gasteiger partial charge on any atom is 0.227 e. The number of hydrogen-bond donors (Lipinski definition) is 2. The molecule has 1 aromatic rings. The van der Waals surface area contributed by atoms with E-state index in [1.54, 1.807) is 24.5 Å². The highest BCUT2D eigenvalue weighted by Crippen LogP contribution is 2.26. The molecule has 1 aliphatic rings. The van der Waals surface area contributed by atoms with Crippen molar-refractivity contribution in [2.24, 2.45) is 11.7 Å². The number of hydrogen-bond acceptors (Lipinski definition) is 3. The molecule has 0 bridgehead atoms. The summed E-state index contributed by atoms with van der Waals surface area (Å²) in [6.07, 6.45) is 4.91. The Kier molecular flexibility index (Phi) is 2.45. The molecule has 0 unspecified atom stereocenters. The van der Waals surface area contributed by atoms with Gasteiger partial charge in [-0.15, -0.1) is 0 Å². The highest BCUT2D eigenvalue weighted by molar-refractivity contribution is 5.93. The Morgan fingerprint density at radius 1 is 1.43 bits per heavy atom. The molecule has 2 rings (SSSR count). The molecule has 14 heavy (non-hydrogen) atoms. The van der Waals surface area contributed by atoms with E-state index in [1.807, 2.05) is 0 Å². The third kappa shape index (κ3) is 1.90. The van der Waals surface area contributed by atoms with Gasteiger partial charge in [-0.3, -0.25) is 9.78 Å². The third-order valence-corrected chi connectivity index (χ3v) is 2.49. The van der Waals surface area contributed by atoms with E-state index in [9.17, 15) is 4.79 Å². The standard InChI is InChI=1S/C10H13N3O/c11-8-5-7(6-8)10(14)13-9-1-3-12-4-2-9/h1-4,7-8H,5-6,11H2,(H,12,13,14). The fourth-order valence-electron chi connectivity index (χ4n) is 1.56. The van der Waals surface area contributed by atoms with Gasteiger partial charge in [0.15, 0.2) is 0 Å². The Morgan fingerprint density at radius 3 is 2.64 bits per heavy atom. The first kappa shape index (κ1) is 9.15. The molecule has 1 aromatic heterocycles. The van der Waals surface area contributed by atoms with Gasteiger partial charge in [-0.05, 0) is 25.0 Å². The number of carbonyl (C=O) groups excluding carboxylic acids is 1. The van der Waals surface area contributed by atoms with Crippen LogP contribution in [0, 0.1) is 5.92 Å². The van der Waals surface area contributed by atoms with Crippen molar-refractivity contribution in [1.82, 2.24) is 4.98 Å². The van der Waals surface area contributed by atoms with Gasteiger partial charge in [0.05, 0.1) is 0 Å². The van der Waals surface area contributed by atoms with Gasteiger partial charge in [-0.2, -0.15) is 0 Å². The van der Waals surface area contributed by atoms with E-state index in [4.69, 9.17) is 5.73 Å². The zero-order valence-corrected chi connectivity index (χ0v) is 7.81. The molecule has 1 fully saturated rings. The minimum Gasteiger partial charge on any atom is -0.328 e. The van der Waals surface area contributed by atoms with Gasteiger partial charge in [0, 0.05) is 30.0 Å². The van der Waals surface area contributed by atoms with Gasteiger partial charge in [0.1, 0.15) is 0 Å². The summed E-state index contributed by atoms with van der Waals surface area (Å²) in [4.78, 5) is 15.4. The molecule has 0 aliphatic heterocycles. The molecular formula is C10H13N3O. The molecule has 1 amide bonds. The van der Waals surface area contributed by atoms with Crippen LogP contribution in [0.2, 0.25) is 0 Å². The van der Waals surface area contributed by atoms with E-state index < -0.39 is 0 Å². The quantitative estimate of drug-likeness (QED) is 0.725. The SMILES string of the molecule is NC1CC(C(=O)Nc2ccncc2)C1. The van der Waals surface area contributed by atoms with Crippen molar-refractivity contribution in [1.29, 1.82) is 0 Å². The average Bonchev–Trinajstić information content (AvgIpc) is 2.14. The normalized spacial score (nSPS) is 25.2. The van der Waals surface area contributed by atoms with E-state index in [-0.39, 0.29) is 17.9 Å². The van der Waals surface area contributed by atoms with Gasteiger partial charge in [-0.25, -0.2) is 0 Å². The lowest BCUT2D eigenvalue weighted by molar-refractivity contribution is -0.122. The summed E-state index contributed by atoms with van der Waals surface area (Å²) in [5.74, 6) is 0.163. The summed E-state index contributed by atoms with van der Waals surface area (Å²) in [5.41, 5.74) is 6.41. The lowest BCUT2D eigenvalue weighted by Gasteiger charge is -2.30. The Bertz CT molecular complexity index is 319. The van der Waals surface area contributed by atoms with Crippen molar-refractivity contribution in [3.63, 3.8) is 0 Å². The molecule has 0 aromatic carbocycles. The number of nitrogens with one attached hydrogen (secondary N) is 1. The predicted molar refractivity (Wildman–Crippen MR) is 53.6 cm³/mol. The fraction of sp³-hybridized carbons (Fsp3) is 0.400. The average molecular weight is 191 g/mol. The monoisotopic (exact) mass is 191 g/mol. The van der Waals surface area contributed by atoms with E-state index in [0.717, 1.165) is 18.5 Å². The summed E-state index contributed by atoms with van der Waals surface area (Å²) in [6.45, 7) is 0. The first-order valence-corrected chi connectivity index (χ1v) is 4.72. The van der Waals surface area contributed by atoms with Crippen LogP contribution in [0.25, 0.3) is 0 Å². The summed E-state index contributed by atoms with van der Waals surface area (Å²) in [7, 11) is 0. The van der Waals surface area contributed by atoms with Crippen LogP contribution in [0.1, 0.15) is 12.8 Å². The molecule has 1 heterocycles. The van der Waals surface area contributed by atoms with Crippen LogP contribution < -0.4 is 11.1 Å². The molecule has 1 saturated carbocycles. The van der Waals surface area contributed by atoms with Gasteiger partial charge in [-0.1, -0.05) is 0 Å². The maximum atomic E-state index is 11.6. The van der Waals surface area contributed by atoms with E-state index in [0.29, 0.717) is 0 Å². The number of anilines is 1. The topological polar surface area (TPSA) is 68.0 Å².